The molecule has 3 rings (SSSR count). The minimum absolute atomic E-state index is 0.0435. The molecule has 0 radical (unpaired) electrons. The first-order valence-corrected chi connectivity index (χ1v) is 11.0. The van der Waals surface area contributed by atoms with Gasteiger partial charge in [0.2, 0.25) is 15.9 Å². The largest absolute Gasteiger partial charge is 0.341 e. The maximum absolute atomic E-state index is 12.9. The van der Waals surface area contributed by atoms with Gasteiger partial charge in [0.25, 0.3) is 0 Å². The monoisotopic (exact) mass is 419 g/mol. The van der Waals surface area contributed by atoms with Crippen LogP contribution < -0.4 is 0 Å². The number of sulfonamides is 1. The Morgan fingerprint density at radius 2 is 1.54 bits per heavy atom. The Hall–Kier alpha value is -0.860. The predicted molar refractivity (Wildman–Crippen MR) is 102 cm³/mol. The van der Waals surface area contributed by atoms with Gasteiger partial charge in [-0.05, 0) is 31.9 Å². The molecule has 6 nitrogen and oxygen atoms in total. The molecule has 9 heteroatoms. The van der Waals surface area contributed by atoms with Gasteiger partial charge in [-0.15, -0.1) is 0 Å². The zero-order valence-corrected chi connectivity index (χ0v) is 17.0. The lowest BCUT2D eigenvalue weighted by Gasteiger charge is -2.38. The number of halogens is 2. The molecule has 1 amide bonds. The number of rotatable bonds is 4. The number of hydrogen-bond acceptors (Lipinski definition) is 4. The molecule has 0 N–H and O–H groups in total. The highest BCUT2D eigenvalue weighted by molar-refractivity contribution is 7.89. The summed E-state index contributed by atoms with van der Waals surface area (Å²) in [6, 6.07) is 4.43. The van der Waals surface area contributed by atoms with Crippen molar-refractivity contribution in [1.82, 2.24) is 14.1 Å². The van der Waals surface area contributed by atoms with Crippen LogP contribution in [0.1, 0.15) is 19.8 Å². The summed E-state index contributed by atoms with van der Waals surface area (Å²) in [5.74, 6) is 0.132. The van der Waals surface area contributed by atoms with Gasteiger partial charge in [-0.2, -0.15) is 4.31 Å². The molecular weight excluding hydrogens is 397 g/mol. The van der Waals surface area contributed by atoms with Gasteiger partial charge in [0.1, 0.15) is 4.90 Å². The van der Waals surface area contributed by atoms with Gasteiger partial charge < -0.3 is 4.90 Å². The van der Waals surface area contributed by atoms with Gasteiger partial charge in [0.05, 0.1) is 16.1 Å². The van der Waals surface area contributed by atoms with Gasteiger partial charge in [0, 0.05) is 39.3 Å². The zero-order valence-electron chi connectivity index (χ0n) is 14.7. The molecule has 2 heterocycles. The highest BCUT2D eigenvalue weighted by Crippen LogP contribution is 2.32. The third-order valence-electron chi connectivity index (χ3n) is 5.11. The summed E-state index contributed by atoms with van der Waals surface area (Å²) in [6.45, 7) is 5.16. The van der Waals surface area contributed by atoms with Crippen molar-refractivity contribution in [1.29, 1.82) is 0 Å². The molecule has 2 saturated heterocycles. The summed E-state index contributed by atoms with van der Waals surface area (Å²) in [4.78, 5) is 16.5. The van der Waals surface area contributed by atoms with Crippen LogP contribution in [0.15, 0.2) is 23.1 Å². The second-order valence-corrected chi connectivity index (χ2v) is 9.39. The van der Waals surface area contributed by atoms with Crippen molar-refractivity contribution in [3.63, 3.8) is 0 Å². The number of hydrogen-bond donors (Lipinski definition) is 0. The lowest BCUT2D eigenvalue weighted by molar-refractivity contribution is -0.135. The van der Waals surface area contributed by atoms with Crippen LogP contribution in [-0.2, 0) is 14.8 Å². The summed E-state index contributed by atoms with van der Waals surface area (Å²) in [6.07, 6.45) is 2.12. The zero-order chi connectivity index (χ0) is 18.9. The third kappa shape index (κ3) is 3.87. The fraction of sp³-hybridized carbons (Fsp3) is 0.588. The van der Waals surface area contributed by atoms with E-state index in [1.54, 1.807) is 6.07 Å². The molecule has 2 aliphatic rings. The van der Waals surface area contributed by atoms with Crippen molar-refractivity contribution in [3.8, 4) is 0 Å². The summed E-state index contributed by atoms with van der Waals surface area (Å²) in [5, 5.41) is 0.245. The topological polar surface area (TPSA) is 60.9 Å². The number of carbonyl (C=O) groups is 1. The molecule has 2 fully saturated rings. The van der Waals surface area contributed by atoms with E-state index in [2.05, 4.69) is 0 Å². The molecule has 1 aromatic rings. The van der Waals surface area contributed by atoms with Crippen molar-refractivity contribution < 1.29 is 13.2 Å². The van der Waals surface area contributed by atoms with E-state index in [0.717, 1.165) is 25.9 Å². The number of amides is 1. The van der Waals surface area contributed by atoms with E-state index in [1.165, 1.54) is 16.4 Å². The Bertz CT molecular complexity index is 753. The van der Waals surface area contributed by atoms with Crippen LogP contribution in [0.25, 0.3) is 0 Å². The molecular formula is C17H23Cl2N3O3S. The first kappa shape index (κ1) is 19.9. The number of piperazine rings is 1. The fourth-order valence-corrected chi connectivity index (χ4v) is 6.06. The summed E-state index contributed by atoms with van der Waals surface area (Å²) < 4.78 is 27.2. The quantitative estimate of drug-likeness (QED) is 0.750. The second kappa shape index (κ2) is 8.02. The van der Waals surface area contributed by atoms with Crippen LogP contribution in [0.5, 0.6) is 0 Å². The molecule has 0 saturated carbocycles. The lowest BCUT2D eigenvalue weighted by Crippen LogP contribution is -2.55. The first-order chi connectivity index (χ1) is 12.3. The smallest absolute Gasteiger partial charge is 0.246 e. The van der Waals surface area contributed by atoms with Crippen molar-refractivity contribution in [2.75, 3.05) is 39.3 Å². The van der Waals surface area contributed by atoms with E-state index >= 15 is 0 Å². The number of benzene rings is 1. The van der Waals surface area contributed by atoms with E-state index in [4.69, 9.17) is 23.2 Å². The van der Waals surface area contributed by atoms with E-state index in [-0.39, 0.29) is 26.9 Å². The number of carbonyl (C=O) groups excluding carboxylic acids is 1. The molecule has 1 aromatic carbocycles. The highest BCUT2D eigenvalue weighted by Gasteiger charge is 2.35. The summed E-state index contributed by atoms with van der Waals surface area (Å²) in [5.41, 5.74) is 0. The molecule has 2 aliphatic heterocycles. The highest BCUT2D eigenvalue weighted by atomic mass is 35.5. The standard InChI is InChI=1S/C17H23Cl2N3O3S/c1-13(17(23)21-7-2-3-8-21)20-9-11-22(12-10-20)26(24,25)16-14(18)5-4-6-15(16)19/h4-6,13H,2-3,7-12H2,1H3/t13-/m1/s1. The molecule has 0 spiro atoms. The Morgan fingerprint density at radius 3 is 2.08 bits per heavy atom. The van der Waals surface area contributed by atoms with E-state index in [0.29, 0.717) is 26.2 Å². The van der Waals surface area contributed by atoms with Crippen molar-refractivity contribution in [2.24, 2.45) is 0 Å². The maximum Gasteiger partial charge on any atom is 0.246 e. The fourth-order valence-electron chi connectivity index (χ4n) is 3.55. The maximum atomic E-state index is 12.9. The van der Waals surface area contributed by atoms with Crippen molar-refractivity contribution in [3.05, 3.63) is 28.2 Å². The first-order valence-electron chi connectivity index (χ1n) is 8.79. The third-order valence-corrected chi connectivity index (χ3v) is 7.97. The average molecular weight is 420 g/mol. The molecule has 1 atom stereocenters. The Kier molecular flexibility index (Phi) is 6.14. The van der Waals surface area contributed by atoms with E-state index in [9.17, 15) is 13.2 Å². The van der Waals surface area contributed by atoms with Gasteiger partial charge in [-0.25, -0.2) is 8.42 Å². The SMILES string of the molecule is C[C@H](C(=O)N1CCCC1)N1CCN(S(=O)(=O)c2c(Cl)cccc2Cl)CC1. The molecule has 144 valence electrons. The molecule has 0 bridgehead atoms. The molecule has 0 unspecified atom stereocenters. The Morgan fingerprint density at radius 1 is 1.00 bits per heavy atom. The normalized spacial score (nSPS) is 21.1. The minimum atomic E-state index is -3.76. The van der Waals surface area contributed by atoms with Crippen molar-refractivity contribution >= 4 is 39.1 Å². The van der Waals surface area contributed by atoms with E-state index < -0.39 is 10.0 Å². The second-order valence-electron chi connectivity index (χ2n) is 6.70. The summed E-state index contributed by atoms with van der Waals surface area (Å²) >= 11 is 12.2. The van der Waals surface area contributed by atoms with E-state index in [1.807, 2.05) is 16.7 Å². The minimum Gasteiger partial charge on any atom is -0.341 e. The number of nitrogens with zero attached hydrogens (tertiary/aromatic N) is 3. The van der Waals surface area contributed by atoms with Crippen LogP contribution in [0.2, 0.25) is 10.0 Å². The van der Waals surface area contributed by atoms with Gasteiger partial charge in [-0.1, -0.05) is 29.3 Å². The van der Waals surface area contributed by atoms with Crippen LogP contribution in [0, 0.1) is 0 Å². The van der Waals surface area contributed by atoms with Gasteiger partial charge in [0.15, 0.2) is 0 Å². The number of likely N-dealkylation sites (tertiary alicyclic amines) is 1. The summed E-state index contributed by atoms with van der Waals surface area (Å²) in [7, 11) is -3.76. The molecule has 0 aliphatic carbocycles. The Balaban J connectivity index is 1.67. The van der Waals surface area contributed by atoms with Crippen LogP contribution in [0.3, 0.4) is 0 Å². The Labute approximate surface area is 164 Å². The molecule has 0 aromatic heterocycles. The van der Waals surface area contributed by atoms with Crippen molar-refractivity contribution in [2.45, 2.75) is 30.7 Å². The van der Waals surface area contributed by atoms with Gasteiger partial charge >= 0.3 is 0 Å². The van der Waals surface area contributed by atoms with Crippen LogP contribution in [0.4, 0.5) is 0 Å². The van der Waals surface area contributed by atoms with Crippen LogP contribution >= 0.6 is 23.2 Å². The molecule has 26 heavy (non-hydrogen) atoms. The van der Waals surface area contributed by atoms with Gasteiger partial charge in [-0.3, -0.25) is 9.69 Å². The van der Waals surface area contributed by atoms with Crippen LogP contribution in [-0.4, -0.2) is 73.7 Å². The average Bonchev–Trinajstić information content (AvgIpc) is 3.15. The predicted octanol–water partition coefficient (Wildman–Crippen LogP) is 2.31. The lowest BCUT2D eigenvalue weighted by atomic mass is 10.2.